The second-order valence-corrected chi connectivity index (χ2v) is 21.4. The zero-order chi connectivity index (χ0) is 40.4. The van der Waals surface area contributed by atoms with Crippen LogP contribution >= 0.6 is 45.3 Å². The molecule has 0 aromatic carbocycles. The molecule has 9 fully saturated rings. The molecule has 0 spiro atoms. The van der Waals surface area contributed by atoms with Gasteiger partial charge in [-0.15, -0.1) is 21.5 Å². The Morgan fingerprint density at radius 2 is 0.590 bits per heavy atom. The van der Waals surface area contributed by atoms with Gasteiger partial charge >= 0.3 is 0 Å². The maximum Gasteiger partial charge on any atom is 0.0628 e. The predicted octanol–water partition coefficient (Wildman–Crippen LogP) is 8.61. The summed E-state index contributed by atoms with van der Waals surface area (Å²) in [7, 11) is 0. The molecule has 8 nitrogen and oxygen atoms in total. The fourth-order valence-corrected chi connectivity index (χ4v) is 14.1. The third kappa shape index (κ3) is 11.9. The van der Waals surface area contributed by atoms with E-state index in [2.05, 4.69) is 73.2 Å². The fourth-order valence-electron chi connectivity index (χ4n) is 12.6. The number of nitrogens with one attached hydrogen (secondary N) is 8. The van der Waals surface area contributed by atoms with Gasteiger partial charge in [0.2, 0.25) is 0 Å². The van der Waals surface area contributed by atoms with Crippen LogP contribution in [0.15, 0.2) is 67.3 Å². The van der Waals surface area contributed by atoms with Crippen molar-refractivity contribution in [2.24, 2.45) is 47.3 Å². The van der Waals surface area contributed by atoms with Crippen LogP contribution in [0.5, 0.6) is 0 Å². The van der Waals surface area contributed by atoms with Crippen molar-refractivity contribution in [3.05, 3.63) is 98.0 Å². The van der Waals surface area contributed by atoms with E-state index in [1.807, 2.05) is 67.3 Å². The summed E-state index contributed by atoms with van der Waals surface area (Å²) >= 11 is 6.63. The average molecular weight is 950 g/mol. The second-order valence-electron chi connectivity index (χ2n) is 18.3. The molecule has 4 aromatic heterocycles. The van der Waals surface area contributed by atoms with Gasteiger partial charge in [-0.2, -0.15) is 34.4 Å². The standard InChI is InChI=1S/C32H55N8.4C4H3S.Zn/c1-2-10-18-17(9-1)25-33-26(18)38-28-21-13-5-6-14-22(21)30(35-28)40-32-24-16-8-7-15-23(24)31(36-32)39-29-20-12-4-3-11-19(20)27(34-29)37-25;4*1-2-4-5-3-1;/h1,17-40H,2-16H2;4*1,3-4H;/q5*-1;. The van der Waals surface area contributed by atoms with Crippen molar-refractivity contribution in [1.29, 1.82) is 0 Å². The molecule has 9 heterocycles. The van der Waals surface area contributed by atoms with Gasteiger partial charge in [-0.25, -0.2) is 48.5 Å². The summed E-state index contributed by atoms with van der Waals surface area (Å²) in [6.45, 7) is 0. The molecule has 13 rings (SSSR count). The molecule has 330 valence electrons. The smallest absolute Gasteiger partial charge is 0.0628 e. The minimum Gasteiger partial charge on any atom is -0.328 e. The van der Waals surface area contributed by atoms with Crippen LogP contribution in [-0.4, -0.2) is 49.3 Å². The summed E-state index contributed by atoms with van der Waals surface area (Å²) in [6, 6.07) is 19.1. The number of rotatable bonds is 0. The minimum atomic E-state index is 0. The van der Waals surface area contributed by atoms with Crippen molar-refractivity contribution >= 4 is 45.3 Å². The van der Waals surface area contributed by atoms with Crippen molar-refractivity contribution in [1.82, 2.24) is 42.5 Å². The Kier molecular flexibility index (Phi) is 18.4. The van der Waals surface area contributed by atoms with Crippen molar-refractivity contribution in [2.45, 2.75) is 146 Å². The molecule has 5 aliphatic heterocycles. The van der Waals surface area contributed by atoms with Crippen LogP contribution in [0.4, 0.5) is 0 Å². The van der Waals surface area contributed by atoms with Crippen molar-refractivity contribution < 1.29 is 19.5 Å². The van der Waals surface area contributed by atoms with Crippen LogP contribution in [0, 0.1) is 78.0 Å². The van der Waals surface area contributed by atoms with Gasteiger partial charge in [0.05, 0.1) is 49.3 Å². The monoisotopic (exact) mass is 947 g/mol. The maximum atomic E-state index is 4.26. The summed E-state index contributed by atoms with van der Waals surface area (Å²) in [5, 5.41) is 49.3. The fraction of sp³-hybridized carbons (Fsp3) is 0.646. The summed E-state index contributed by atoms with van der Waals surface area (Å²) in [5.74, 6) is 5.84. The number of hydrogen-bond acceptors (Lipinski definition) is 12. The van der Waals surface area contributed by atoms with Crippen LogP contribution in [0.25, 0.3) is 0 Å². The molecule has 4 saturated carbocycles. The number of hydrogen-bond donors (Lipinski definition) is 8. The molecule has 9 aliphatic rings. The largest absolute Gasteiger partial charge is 0.328 e. The van der Waals surface area contributed by atoms with E-state index in [-0.39, 0.29) is 19.5 Å². The Balaban J connectivity index is 0.000000200. The van der Waals surface area contributed by atoms with Crippen molar-refractivity contribution in [3.8, 4) is 0 Å². The Bertz CT molecular complexity index is 1320. The normalized spacial score (nSPS) is 40.4. The van der Waals surface area contributed by atoms with Gasteiger partial charge in [-0.1, -0.05) is 44.9 Å². The molecule has 16 unspecified atom stereocenters. The molecule has 0 radical (unpaired) electrons. The van der Waals surface area contributed by atoms with E-state index < -0.39 is 0 Å². The van der Waals surface area contributed by atoms with E-state index in [0.717, 1.165) is 35.5 Å². The molecule has 0 amide bonds. The first-order valence-electron chi connectivity index (χ1n) is 23.2. The zero-order valence-corrected chi connectivity index (χ0v) is 41.9. The Labute approximate surface area is 395 Å². The topological polar surface area (TPSA) is 96.2 Å². The van der Waals surface area contributed by atoms with Gasteiger partial charge in [0.15, 0.2) is 0 Å². The van der Waals surface area contributed by atoms with Crippen LogP contribution < -0.4 is 42.5 Å². The quantitative estimate of drug-likeness (QED) is 0.0657. The summed E-state index contributed by atoms with van der Waals surface area (Å²) < 4.78 is 0. The summed E-state index contributed by atoms with van der Waals surface area (Å²) in [5.41, 5.74) is 0. The first-order valence-corrected chi connectivity index (χ1v) is 27.0. The van der Waals surface area contributed by atoms with Crippen molar-refractivity contribution in [2.75, 3.05) is 0 Å². The molecule has 4 aliphatic carbocycles. The van der Waals surface area contributed by atoms with E-state index >= 15 is 0 Å². The van der Waals surface area contributed by atoms with Crippen LogP contribution in [0.1, 0.15) is 96.3 Å². The zero-order valence-electron chi connectivity index (χ0n) is 35.7. The third-order valence-electron chi connectivity index (χ3n) is 15.1. The van der Waals surface area contributed by atoms with Crippen LogP contribution in [0.3, 0.4) is 0 Å². The van der Waals surface area contributed by atoms with Crippen molar-refractivity contribution in [3.63, 3.8) is 0 Å². The predicted molar refractivity (Wildman–Crippen MR) is 249 cm³/mol. The summed E-state index contributed by atoms with van der Waals surface area (Å²) in [4.78, 5) is 0. The van der Waals surface area contributed by atoms with E-state index in [4.69, 9.17) is 0 Å². The van der Waals surface area contributed by atoms with E-state index in [1.54, 1.807) is 45.3 Å². The Morgan fingerprint density at radius 1 is 0.344 bits per heavy atom. The van der Waals surface area contributed by atoms with Crippen LogP contribution in [0.2, 0.25) is 0 Å². The first-order chi connectivity index (χ1) is 29.8. The molecule has 8 N–H and O–H groups in total. The van der Waals surface area contributed by atoms with E-state index in [0.29, 0.717) is 61.2 Å². The second kappa shape index (κ2) is 24.0. The molecular weight excluding hydrogens is 882 g/mol. The molecule has 61 heavy (non-hydrogen) atoms. The average Bonchev–Trinajstić information content (AvgIpc) is 4.16. The molecule has 5 saturated heterocycles. The van der Waals surface area contributed by atoms with E-state index in [1.165, 1.54) is 96.3 Å². The van der Waals surface area contributed by atoms with Crippen LogP contribution in [-0.2, 0) is 19.5 Å². The van der Waals surface area contributed by atoms with Gasteiger partial charge in [0.25, 0.3) is 0 Å². The SMILES string of the molecule is [CH-]1CCC2C3NC(NC4NC(NC5NC(NC6NC(N3)C3CCCCC63)C3CCCCC53)C3CCCCC43)C2C1.[Zn].[c-]1ccsc1.[c-]1ccsc1.[c-]1ccsc1.[c-]1ccsc1. The molecule has 4 aromatic rings. The molecule has 8 bridgehead atoms. The Hall–Kier alpha value is -0.897. The molecule has 13 heteroatoms. The van der Waals surface area contributed by atoms with Gasteiger partial charge in [-0.3, -0.25) is 87.9 Å². The molecular formula is C48H67N8S4Zn-5. The number of fused-ring (bicyclic) bond motifs is 20. The minimum absolute atomic E-state index is 0. The third-order valence-corrected chi connectivity index (χ3v) is 17.4. The molecule has 16 atom stereocenters. The van der Waals surface area contributed by atoms with E-state index in [9.17, 15) is 0 Å². The summed E-state index contributed by atoms with van der Waals surface area (Å²) in [6.07, 6.45) is 26.3. The van der Waals surface area contributed by atoms with Gasteiger partial charge in [0, 0.05) is 19.5 Å². The number of thiophene rings is 4. The maximum absolute atomic E-state index is 4.26. The Morgan fingerprint density at radius 3 is 0.803 bits per heavy atom. The van der Waals surface area contributed by atoms with Gasteiger partial charge in [0.1, 0.15) is 0 Å². The van der Waals surface area contributed by atoms with Gasteiger partial charge in [-0.05, 0) is 85.9 Å². The van der Waals surface area contributed by atoms with Gasteiger partial charge < -0.3 is 6.42 Å². The first kappa shape index (κ1) is 46.6.